The molecular weight excluding hydrogens is 296 g/mol. The van der Waals surface area contributed by atoms with Crippen LogP contribution in [0.2, 0.25) is 0 Å². The van der Waals surface area contributed by atoms with Crippen molar-refractivity contribution in [3.05, 3.63) is 35.9 Å². The molecule has 2 N–H and O–H groups in total. The number of carbonyl (C=O) groups excluding carboxylic acids is 1. The molecule has 1 heterocycles. The van der Waals surface area contributed by atoms with E-state index >= 15 is 0 Å². The van der Waals surface area contributed by atoms with Crippen molar-refractivity contribution in [2.45, 2.75) is 50.5 Å². The minimum absolute atomic E-state index is 0. The summed E-state index contributed by atoms with van der Waals surface area (Å²) in [5.74, 6) is 1.13. The van der Waals surface area contributed by atoms with Crippen LogP contribution in [0.5, 0.6) is 0 Å². The second-order valence-corrected chi connectivity index (χ2v) is 6.51. The summed E-state index contributed by atoms with van der Waals surface area (Å²) in [6, 6.07) is 11.2. The molecule has 1 unspecified atom stereocenters. The highest BCUT2D eigenvalue weighted by Crippen LogP contribution is 2.32. The van der Waals surface area contributed by atoms with Crippen molar-refractivity contribution >= 4 is 18.3 Å². The van der Waals surface area contributed by atoms with E-state index in [0.29, 0.717) is 12.0 Å². The molecule has 2 aliphatic rings. The fraction of sp³-hybridized carbons (Fsp3) is 0.611. The van der Waals surface area contributed by atoms with Crippen LogP contribution < -0.4 is 10.6 Å². The van der Waals surface area contributed by atoms with Crippen LogP contribution >= 0.6 is 12.4 Å². The van der Waals surface area contributed by atoms with Gasteiger partial charge in [-0.1, -0.05) is 30.3 Å². The highest BCUT2D eigenvalue weighted by atomic mass is 35.5. The quantitative estimate of drug-likeness (QED) is 0.897. The number of carbonyl (C=O) groups is 1. The summed E-state index contributed by atoms with van der Waals surface area (Å²) >= 11 is 0. The van der Waals surface area contributed by atoms with Crippen molar-refractivity contribution in [1.29, 1.82) is 0 Å². The van der Waals surface area contributed by atoms with Crippen molar-refractivity contribution in [1.82, 2.24) is 10.6 Å². The van der Waals surface area contributed by atoms with Gasteiger partial charge in [-0.05, 0) is 56.6 Å². The van der Waals surface area contributed by atoms with Crippen LogP contribution in [0.1, 0.15) is 50.0 Å². The molecule has 1 saturated carbocycles. The maximum atomic E-state index is 12.3. The number of benzene rings is 1. The number of hydrogen-bond donors (Lipinski definition) is 2. The van der Waals surface area contributed by atoms with E-state index in [1.807, 2.05) is 0 Å². The van der Waals surface area contributed by atoms with Crippen molar-refractivity contribution in [3.63, 3.8) is 0 Å². The van der Waals surface area contributed by atoms with E-state index in [1.165, 1.54) is 18.4 Å². The van der Waals surface area contributed by atoms with Crippen LogP contribution in [0, 0.1) is 5.92 Å². The molecule has 0 bridgehead atoms. The molecule has 1 saturated heterocycles. The van der Waals surface area contributed by atoms with Crippen LogP contribution in [0.25, 0.3) is 0 Å². The minimum Gasteiger partial charge on any atom is -0.353 e. The second-order valence-electron chi connectivity index (χ2n) is 6.51. The summed E-state index contributed by atoms with van der Waals surface area (Å²) in [5.41, 5.74) is 1.46. The van der Waals surface area contributed by atoms with E-state index < -0.39 is 0 Å². The Kier molecular flexibility index (Phi) is 6.71. The molecule has 1 aromatic rings. The number of amides is 1. The molecule has 4 heteroatoms. The molecule has 3 nitrogen and oxygen atoms in total. The van der Waals surface area contributed by atoms with Gasteiger partial charge in [0.15, 0.2) is 0 Å². The molecule has 1 amide bonds. The molecule has 0 spiro atoms. The standard InChI is InChI=1S/C18H26N2O.ClH/c21-18(16-7-4-12-19-13-16)20-17-10-8-15(9-11-17)14-5-2-1-3-6-14;/h1-3,5-6,15-17,19H,4,7-13H2,(H,20,21);1H. The molecule has 1 aromatic carbocycles. The number of rotatable bonds is 3. The highest BCUT2D eigenvalue weighted by molar-refractivity contribution is 5.85. The summed E-state index contributed by atoms with van der Waals surface area (Å²) in [6.45, 7) is 1.91. The predicted octanol–water partition coefficient (Wildman–Crippen LogP) is 3.25. The molecule has 3 rings (SSSR count). The average molecular weight is 323 g/mol. The lowest BCUT2D eigenvalue weighted by Gasteiger charge is -2.31. The molecule has 0 radical (unpaired) electrons. The molecule has 0 aromatic heterocycles. The van der Waals surface area contributed by atoms with Gasteiger partial charge in [-0.2, -0.15) is 0 Å². The molecule has 22 heavy (non-hydrogen) atoms. The summed E-state index contributed by atoms with van der Waals surface area (Å²) in [7, 11) is 0. The summed E-state index contributed by atoms with van der Waals surface area (Å²) in [6.07, 6.45) is 6.78. The van der Waals surface area contributed by atoms with Gasteiger partial charge in [0.25, 0.3) is 0 Å². The Labute approximate surface area is 139 Å². The van der Waals surface area contributed by atoms with Crippen molar-refractivity contribution in [2.24, 2.45) is 5.92 Å². The summed E-state index contributed by atoms with van der Waals surface area (Å²) in [5, 5.41) is 6.60. The van der Waals surface area contributed by atoms with Gasteiger partial charge in [0.05, 0.1) is 5.92 Å². The molecular formula is C18H27ClN2O. The Balaban J connectivity index is 0.00000176. The Morgan fingerprint density at radius 3 is 2.41 bits per heavy atom. The van der Waals surface area contributed by atoms with E-state index in [9.17, 15) is 4.79 Å². The lowest BCUT2D eigenvalue weighted by molar-refractivity contribution is -0.126. The molecule has 2 fully saturated rings. The van der Waals surface area contributed by atoms with Gasteiger partial charge in [0.2, 0.25) is 5.91 Å². The Morgan fingerprint density at radius 1 is 1.05 bits per heavy atom. The Hall–Kier alpha value is -1.06. The number of halogens is 1. The zero-order chi connectivity index (χ0) is 14.5. The monoisotopic (exact) mass is 322 g/mol. The molecule has 1 aliphatic carbocycles. The largest absolute Gasteiger partial charge is 0.353 e. The summed E-state index contributed by atoms with van der Waals surface area (Å²) in [4.78, 5) is 12.3. The lowest BCUT2D eigenvalue weighted by Crippen LogP contribution is -2.45. The van der Waals surface area contributed by atoms with Gasteiger partial charge < -0.3 is 10.6 Å². The smallest absolute Gasteiger partial charge is 0.224 e. The zero-order valence-corrected chi connectivity index (χ0v) is 13.9. The first-order valence-electron chi connectivity index (χ1n) is 8.39. The van der Waals surface area contributed by atoms with E-state index in [-0.39, 0.29) is 24.2 Å². The topological polar surface area (TPSA) is 41.1 Å². The van der Waals surface area contributed by atoms with E-state index in [0.717, 1.165) is 38.8 Å². The van der Waals surface area contributed by atoms with E-state index in [2.05, 4.69) is 41.0 Å². The van der Waals surface area contributed by atoms with Crippen molar-refractivity contribution in [2.75, 3.05) is 13.1 Å². The van der Waals surface area contributed by atoms with Crippen LogP contribution in [-0.4, -0.2) is 25.0 Å². The maximum Gasteiger partial charge on any atom is 0.224 e. The van der Waals surface area contributed by atoms with Crippen molar-refractivity contribution < 1.29 is 4.79 Å². The van der Waals surface area contributed by atoms with Crippen LogP contribution in [-0.2, 0) is 4.79 Å². The van der Waals surface area contributed by atoms with Gasteiger partial charge >= 0.3 is 0 Å². The van der Waals surface area contributed by atoms with E-state index in [4.69, 9.17) is 0 Å². The van der Waals surface area contributed by atoms with Crippen LogP contribution in [0.15, 0.2) is 30.3 Å². The number of hydrogen-bond acceptors (Lipinski definition) is 2. The third-order valence-electron chi connectivity index (χ3n) is 5.01. The number of nitrogens with one attached hydrogen (secondary N) is 2. The lowest BCUT2D eigenvalue weighted by atomic mass is 9.81. The maximum absolute atomic E-state index is 12.3. The fourth-order valence-electron chi connectivity index (χ4n) is 3.69. The first-order chi connectivity index (χ1) is 10.3. The first kappa shape index (κ1) is 17.3. The first-order valence-corrected chi connectivity index (χ1v) is 8.39. The van der Waals surface area contributed by atoms with Gasteiger partial charge in [-0.15, -0.1) is 12.4 Å². The van der Waals surface area contributed by atoms with Crippen molar-refractivity contribution in [3.8, 4) is 0 Å². The third-order valence-corrected chi connectivity index (χ3v) is 5.01. The SMILES string of the molecule is Cl.O=C(NC1CCC(c2ccccc2)CC1)C1CCCNC1. The van der Waals surface area contributed by atoms with Gasteiger partial charge in [-0.3, -0.25) is 4.79 Å². The highest BCUT2D eigenvalue weighted by Gasteiger charge is 2.26. The normalized spacial score (nSPS) is 28.5. The van der Waals surface area contributed by atoms with Gasteiger partial charge in [0.1, 0.15) is 0 Å². The summed E-state index contributed by atoms with van der Waals surface area (Å²) < 4.78 is 0. The minimum atomic E-state index is 0. The average Bonchev–Trinajstić information content (AvgIpc) is 2.57. The van der Waals surface area contributed by atoms with Gasteiger partial charge in [-0.25, -0.2) is 0 Å². The zero-order valence-electron chi connectivity index (χ0n) is 13.1. The molecule has 1 atom stereocenters. The molecule has 1 aliphatic heterocycles. The Bertz CT molecular complexity index is 451. The number of piperidine rings is 1. The van der Waals surface area contributed by atoms with Gasteiger partial charge in [0, 0.05) is 12.6 Å². The predicted molar refractivity (Wildman–Crippen MR) is 92.4 cm³/mol. The second kappa shape index (κ2) is 8.54. The third kappa shape index (κ3) is 4.47. The van der Waals surface area contributed by atoms with E-state index in [1.54, 1.807) is 0 Å². The van der Waals surface area contributed by atoms with Crippen LogP contribution in [0.3, 0.4) is 0 Å². The fourth-order valence-corrected chi connectivity index (χ4v) is 3.69. The Morgan fingerprint density at radius 2 is 1.77 bits per heavy atom. The van der Waals surface area contributed by atoms with Crippen LogP contribution in [0.4, 0.5) is 0 Å². The molecule has 122 valence electrons.